The Hall–Kier alpha value is -0.930. The highest BCUT2D eigenvalue weighted by atomic mass is 32.2. The SMILES string of the molecule is Cc1c(CNC2CCCSC2)n(C)c2ccccc12. The lowest BCUT2D eigenvalue weighted by Gasteiger charge is -2.23. The molecule has 1 aromatic heterocycles. The van der Waals surface area contributed by atoms with Crippen molar-refractivity contribution in [1.29, 1.82) is 0 Å². The van der Waals surface area contributed by atoms with Crippen molar-refractivity contribution in [3.8, 4) is 0 Å². The van der Waals surface area contributed by atoms with Crippen LogP contribution in [0.5, 0.6) is 0 Å². The Bertz CT molecular complexity index is 528. The Labute approximate surface area is 119 Å². The van der Waals surface area contributed by atoms with E-state index >= 15 is 0 Å². The van der Waals surface area contributed by atoms with Gasteiger partial charge in [-0.25, -0.2) is 0 Å². The smallest absolute Gasteiger partial charge is 0.0483 e. The molecule has 1 aliphatic rings. The lowest BCUT2D eigenvalue weighted by molar-refractivity contribution is 0.498. The van der Waals surface area contributed by atoms with Crippen molar-refractivity contribution in [2.24, 2.45) is 7.05 Å². The normalized spacial score (nSPS) is 20.0. The van der Waals surface area contributed by atoms with Gasteiger partial charge in [0, 0.05) is 42.0 Å². The quantitative estimate of drug-likeness (QED) is 0.923. The van der Waals surface area contributed by atoms with E-state index < -0.39 is 0 Å². The van der Waals surface area contributed by atoms with E-state index in [1.165, 1.54) is 46.5 Å². The summed E-state index contributed by atoms with van der Waals surface area (Å²) in [6.07, 6.45) is 2.69. The average Bonchev–Trinajstić information content (AvgIpc) is 2.71. The lowest BCUT2D eigenvalue weighted by Crippen LogP contribution is -2.33. The third-order valence-electron chi connectivity index (χ3n) is 4.23. The number of para-hydroxylation sites is 1. The van der Waals surface area contributed by atoms with Gasteiger partial charge in [-0.15, -0.1) is 0 Å². The first-order valence-electron chi connectivity index (χ1n) is 7.11. The second kappa shape index (κ2) is 5.59. The third-order valence-corrected chi connectivity index (χ3v) is 5.44. The monoisotopic (exact) mass is 274 g/mol. The Balaban J connectivity index is 1.80. The molecule has 3 heteroatoms. The van der Waals surface area contributed by atoms with E-state index in [0.29, 0.717) is 6.04 Å². The summed E-state index contributed by atoms with van der Waals surface area (Å²) in [4.78, 5) is 0. The van der Waals surface area contributed by atoms with E-state index in [4.69, 9.17) is 0 Å². The molecule has 1 fully saturated rings. The van der Waals surface area contributed by atoms with Gasteiger partial charge < -0.3 is 9.88 Å². The topological polar surface area (TPSA) is 17.0 Å². The summed E-state index contributed by atoms with van der Waals surface area (Å²) >= 11 is 2.08. The molecule has 0 aliphatic carbocycles. The number of hydrogen-bond acceptors (Lipinski definition) is 2. The zero-order valence-electron chi connectivity index (χ0n) is 11.8. The predicted octanol–water partition coefficient (Wildman–Crippen LogP) is 3.47. The molecule has 0 radical (unpaired) electrons. The molecule has 0 bridgehead atoms. The molecule has 102 valence electrons. The van der Waals surface area contributed by atoms with Crippen molar-refractivity contribution in [3.63, 3.8) is 0 Å². The van der Waals surface area contributed by atoms with Crippen LogP contribution in [0.2, 0.25) is 0 Å². The number of aromatic nitrogens is 1. The molecule has 0 saturated carbocycles. The van der Waals surface area contributed by atoms with Crippen molar-refractivity contribution in [3.05, 3.63) is 35.5 Å². The van der Waals surface area contributed by atoms with Gasteiger partial charge in [-0.1, -0.05) is 18.2 Å². The zero-order chi connectivity index (χ0) is 13.2. The largest absolute Gasteiger partial charge is 0.346 e. The minimum absolute atomic E-state index is 0.691. The maximum atomic E-state index is 3.74. The van der Waals surface area contributed by atoms with Crippen LogP contribution < -0.4 is 5.32 Å². The summed E-state index contributed by atoms with van der Waals surface area (Å²) in [6, 6.07) is 9.38. The Morgan fingerprint density at radius 2 is 2.21 bits per heavy atom. The summed E-state index contributed by atoms with van der Waals surface area (Å²) in [7, 11) is 2.18. The molecule has 1 atom stereocenters. The molecule has 2 nitrogen and oxygen atoms in total. The summed E-state index contributed by atoms with van der Waals surface area (Å²) in [5.74, 6) is 2.61. The molecule has 2 heterocycles. The average molecular weight is 274 g/mol. The minimum Gasteiger partial charge on any atom is -0.346 e. The van der Waals surface area contributed by atoms with E-state index in [1.54, 1.807) is 0 Å². The van der Waals surface area contributed by atoms with Gasteiger partial charge in [-0.3, -0.25) is 0 Å². The maximum Gasteiger partial charge on any atom is 0.0483 e. The molecule has 1 aromatic carbocycles. The van der Waals surface area contributed by atoms with Crippen LogP contribution in [0.15, 0.2) is 24.3 Å². The van der Waals surface area contributed by atoms with Crippen molar-refractivity contribution in [1.82, 2.24) is 9.88 Å². The fourth-order valence-corrected chi connectivity index (χ4v) is 4.14. The summed E-state index contributed by atoms with van der Waals surface area (Å²) in [6.45, 7) is 3.23. The predicted molar refractivity (Wildman–Crippen MR) is 84.8 cm³/mol. The number of nitrogens with one attached hydrogen (secondary N) is 1. The van der Waals surface area contributed by atoms with Gasteiger partial charge >= 0.3 is 0 Å². The summed E-state index contributed by atoms with van der Waals surface area (Å²) in [5.41, 5.74) is 4.20. The third kappa shape index (κ3) is 2.54. The van der Waals surface area contributed by atoms with Crippen LogP contribution in [-0.2, 0) is 13.6 Å². The van der Waals surface area contributed by atoms with Crippen LogP contribution in [0.3, 0.4) is 0 Å². The minimum atomic E-state index is 0.691. The lowest BCUT2D eigenvalue weighted by atomic mass is 10.1. The number of fused-ring (bicyclic) bond motifs is 1. The van der Waals surface area contributed by atoms with Crippen molar-refractivity contribution < 1.29 is 0 Å². The number of nitrogens with zero attached hydrogens (tertiary/aromatic N) is 1. The van der Waals surface area contributed by atoms with Crippen LogP contribution in [0.4, 0.5) is 0 Å². The molecule has 3 rings (SSSR count). The molecule has 1 aliphatic heterocycles. The first-order valence-corrected chi connectivity index (χ1v) is 8.27. The van der Waals surface area contributed by atoms with Gasteiger partial charge in [0.25, 0.3) is 0 Å². The zero-order valence-corrected chi connectivity index (χ0v) is 12.6. The molecular weight excluding hydrogens is 252 g/mol. The second-order valence-electron chi connectivity index (χ2n) is 5.44. The van der Waals surface area contributed by atoms with E-state index in [-0.39, 0.29) is 0 Å². The molecule has 1 unspecified atom stereocenters. The highest BCUT2D eigenvalue weighted by Crippen LogP contribution is 2.25. The summed E-state index contributed by atoms with van der Waals surface area (Å²) in [5, 5.41) is 5.13. The fraction of sp³-hybridized carbons (Fsp3) is 0.500. The molecule has 1 saturated heterocycles. The molecule has 0 amide bonds. The number of hydrogen-bond donors (Lipinski definition) is 1. The first kappa shape index (κ1) is 13.1. The van der Waals surface area contributed by atoms with Crippen LogP contribution in [0, 0.1) is 6.92 Å². The Morgan fingerprint density at radius 3 is 2.95 bits per heavy atom. The van der Waals surface area contributed by atoms with Gasteiger partial charge in [0.15, 0.2) is 0 Å². The molecule has 19 heavy (non-hydrogen) atoms. The molecule has 2 aromatic rings. The standard InChI is InChI=1S/C16H22N2S/c1-12-14-7-3-4-8-15(14)18(2)16(12)10-17-13-6-5-9-19-11-13/h3-4,7-8,13,17H,5-6,9-11H2,1-2H3. The molecule has 1 N–H and O–H groups in total. The van der Waals surface area contributed by atoms with Crippen LogP contribution in [0.25, 0.3) is 10.9 Å². The van der Waals surface area contributed by atoms with Crippen molar-refractivity contribution >= 4 is 22.7 Å². The Morgan fingerprint density at radius 1 is 1.37 bits per heavy atom. The first-order chi connectivity index (χ1) is 9.27. The van der Waals surface area contributed by atoms with E-state index in [0.717, 1.165) is 6.54 Å². The number of rotatable bonds is 3. The number of aryl methyl sites for hydroxylation is 2. The summed E-state index contributed by atoms with van der Waals surface area (Å²) < 4.78 is 2.34. The second-order valence-corrected chi connectivity index (χ2v) is 6.59. The van der Waals surface area contributed by atoms with E-state index in [1.807, 2.05) is 0 Å². The van der Waals surface area contributed by atoms with Gasteiger partial charge in [0.2, 0.25) is 0 Å². The van der Waals surface area contributed by atoms with Crippen LogP contribution in [-0.4, -0.2) is 22.1 Å². The van der Waals surface area contributed by atoms with Gasteiger partial charge in [0.05, 0.1) is 0 Å². The van der Waals surface area contributed by atoms with Crippen LogP contribution in [0.1, 0.15) is 24.1 Å². The molecule has 0 spiro atoms. The van der Waals surface area contributed by atoms with E-state index in [9.17, 15) is 0 Å². The van der Waals surface area contributed by atoms with Gasteiger partial charge in [-0.05, 0) is 37.1 Å². The van der Waals surface area contributed by atoms with Gasteiger partial charge in [-0.2, -0.15) is 11.8 Å². The number of thioether (sulfide) groups is 1. The number of benzene rings is 1. The molecular formula is C16H22N2S. The van der Waals surface area contributed by atoms with Crippen LogP contribution >= 0.6 is 11.8 Å². The van der Waals surface area contributed by atoms with Crippen molar-refractivity contribution in [2.75, 3.05) is 11.5 Å². The van der Waals surface area contributed by atoms with Gasteiger partial charge in [0.1, 0.15) is 0 Å². The highest BCUT2D eigenvalue weighted by Gasteiger charge is 2.15. The maximum absolute atomic E-state index is 3.74. The highest BCUT2D eigenvalue weighted by molar-refractivity contribution is 7.99. The van der Waals surface area contributed by atoms with Crippen molar-refractivity contribution in [2.45, 2.75) is 32.4 Å². The van der Waals surface area contributed by atoms with E-state index in [2.05, 4.69) is 59.9 Å². The Kier molecular flexibility index (Phi) is 3.85. The fourth-order valence-electron chi connectivity index (χ4n) is 3.03.